The van der Waals surface area contributed by atoms with Crippen LogP contribution in [0.2, 0.25) is 5.15 Å². The summed E-state index contributed by atoms with van der Waals surface area (Å²) < 4.78 is 7.14. The Labute approximate surface area is 121 Å². The van der Waals surface area contributed by atoms with Crippen LogP contribution in [-0.4, -0.2) is 10.4 Å². The van der Waals surface area contributed by atoms with Gasteiger partial charge in [0.15, 0.2) is 5.75 Å². The molecule has 0 bridgehead atoms. The van der Waals surface area contributed by atoms with Crippen molar-refractivity contribution in [3.8, 4) is 17.0 Å². The summed E-state index contributed by atoms with van der Waals surface area (Å²) in [6.07, 6.45) is 0. The monoisotopic (exact) mass is 285 g/mol. The van der Waals surface area contributed by atoms with Gasteiger partial charge in [-0.25, -0.2) is 0 Å². The molecule has 2 heterocycles. The molecule has 0 aliphatic heterocycles. The highest BCUT2D eigenvalue weighted by Crippen LogP contribution is 2.33. The van der Waals surface area contributed by atoms with Crippen LogP contribution in [0, 0.1) is 0 Å². The maximum Gasteiger partial charge on any atom is 0.308 e. The Balaban J connectivity index is 2.29. The zero-order valence-electron chi connectivity index (χ0n) is 10.8. The predicted molar refractivity (Wildman–Crippen MR) is 79.2 cm³/mol. The first kappa shape index (κ1) is 12.8. The SMILES string of the molecule is CC(=O)Oc1cc(-c2ccccc2)n2c(Cl)cccc12. The van der Waals surface area contributed by atoms with E-state index in [1.165, 1.54) is 6.92 Å². The number of pyridine rings is 1. The van der Waals surface area contributed by atoms with Crippen LogP contribution in [0.15, 0.2) is 54.6 Å². The second-order valence-corrected chi connectivity index (χ2v) is 4.81. The van der Waals surface area contributed by atoms with E-state index < -0.39 is 0 Å². The summed E-state index contributed by atoms with van der Waals surface area (Å²) in [7, 11) is 0. The van der Waals surface area contributed by atoms with Gasteiger partial charge in [-0.3, -0.25) is 9.20 Å². The Morgan fingerprint density at radius 2 is 1.85 bits per heavy atom. The van der Waals surface area contributed by atoms with Crippen LogP contribution in [0.1, 0.15) is 6.92 Å². The summed E-state index contributed by atoms with van der Waals surface area (Å²) >= 11 is 6.28. The molecule has 0 spiro atoms. The lowest BCUT2D eigenvalue weighted by Crippen LogP contribution is -2.00. The van der Waals surface area contributed by atoms with E-state index in [9.17, 15) is 4.79 Å². The van der Waals surface area contributed by atoms with Crippen molar-refractivity contribution < 1.29 is 9.53 Å². The number of ether oxygens (including phenoxy) is 1. The van der Waals surface area contributed by atoms with Gasteiger partial charge in [0.2, 0.25) is 0 Å². The fourth-order valence-corrected chi connectivity index (χ4v) is 2.50. The predicted octanol–water partition coefficient (Wildman–Crippen LogP) is 4.19. The number of benzene rings is 1. The Kier molecular flexibility index (Phi) is 3.20. The minimum atomic E-state index is -0.350. The second-order valence-electron chi connectivity index (χ2n) is 4.42. The van der Waals surface area contributed by atoms with Gasteiger partial charge in [0.25, 0.3) is 0 Å². The number of esters is 1. The Morgan fingerprint density at radius 3 is 2.55 bits per heavy atom. The van der Waals surface area contributed by atoms with E-state index in [1.807, 2.05) is 52.9 Å². The van der Waals surface area contributed by atoms with Crippen LogP contribution in [0.3, 0.4) is 0 Å². The largest absolute Gasteiger partial charge is 0.424 e. The number of aromatic nitrogens is 1. The number of hydrogen-bond acceptors (Lipinski definition) is 2. The fourth-order valence-electron chi connectivity index (χ4n) is 2.24. The molecular weight excluding hydrogens is 274 g/mol. The Hall–Kier alpha value is -2.26. The number of carbonyl (C=O) groups excluding carboxylic acids is 1. The molecule has 0 aliphatic rings. The topological polar surface area (TPSA) is 30.7 Å². The molecule has 0 saturated heterocycles. The standard InChI is InChI=1S/C16H12ClNO2/c1-11(19)20-15-10-14(12-6-3-2-4-7-12)18-13(15)8-5-9-16(18)17/h2-10H,1H3. The van der Waals surface area contributed by atoms with Crippen LogP contribution in [0.4, 0.5) is 0 Å². The summed E-state index contributed by atoms with van der Waals surface area (Å²) in [5.74, 6) is 0.163. The number of rotatable bonds is 2. The van der Waals surface area contributed by atoms with Crippen molar-refractivity contribution in [2.45, 2.75) is 6.92 Å². The van der Waals surface area contributed by atoms with Crippen LogP contribution in [-0.2, 0) is 4.79 Å². The third-order valence-electron chi connectivity index (χ3n) is 3.03. The number of nitrogens with zero attached hydrogens (tertiary/aromatic N) is 1. The highest BCUT2D eigenvalue weighted by Gasteiger charge is 2.14. The van der Waals surface area contributed by atoms with E-state index in [0.29, 0.717) is 10.9 Å². The van der Waals surface area contributed by atoms with Gasteiger partial charge in [-0.1, -0.05) is 48.0 Å². The lowest BCUT2D eigenvalue weighted by Gasteiger charge is -2.05. The molecule has 100 valence electrons. The molecule has 20 heavy (non-hydrogen) atoms. The van der Waals surface area contributed by atoms with Crippen LogP contribution in [0.25, 0.3) is 16.8 Å². The van der Waals surface area contributed by atoms with Gasteiger partial charge in [0.1, 0.15) is 5.15 Å². The molecule has 3 nitrogen and oxygen atoms in total. The molecule has 3 aromatic rings. The quantitative estimate of drug-likeness (QED) is 0.522. The van der Waals surface area contributed by atoms with Gasteiger partial charge < -0.3 is 4.74 Å². The molecule has 0 saturated carbocycles. The van der Waals surface area contributed by atoms with E-state index in [2.05, 4.69) is 0 Å². The summed E-state index contributed by atoms with van der Waals surface area (Å²) in [5.41, 5.74) is 2.67. The normalized spacial score (nSPS) is 10.7. The third kappa shape index (κ3) is 2.17. The molecule has 0 aliphatic carbocycles. The number of halogens is 1. The molecule has 0 atom stereocenters. The van der Waals surface area contributed by atoms with Crippen molar-refractivity contribution >= 4 is 23.1 Å². The van der Waals surface area contributed by atoms with Gasteiger partial charge in [-0.2, -0.15) is 0 Å². The van der Waals surface area contributed by atoms with E-state index in [1.54, 1.807) is 6.07 Å². The first-order chi connectivity index (χ1) is 9.66. The molecule has 0 unspecified atom stereocenters. The van der Waals surface area contributed by atoms with Gasteiger partial charge in [0.05, 0.1) is 11.2 Å². The number of hydrogen-bond donors (Lipinski definition) is 0. The molecule has 4 heteroatoms. The summed E-state index contributed by atoms with van der Waals surface area (Å²) in [6.45, 7) is 1.39. The third-order valence-corrected chi connectivity index (χ3v) is 3.32. The number of carbonyl (C=O) groups is 1. The summed E-state index contributed by atoms with van der Waals surface area (Å²) in [5, 5.41) is 0.569. The first-order valence-electron chi connectivity index (χ1n) is 6.20. The average molecular weight is 286 g/mol. The van der Waals surface area contributed by atoms with Crippen LogP contribution >= 0.6 is 11.6 Å². The second kappa shape index (κ2) is 5.02. The van der Waals surface area contributed by atoms with E-state index in [0.717, 1.165) is 16.8 Å². The lowest BCUT2D eigenvalue weighted by atomic mass is 10.1. The van der Waals surface area contributed by atoms with Crippen molar-refractivity contribution in [2.75, 3.05) is 0 Å². The van der Waals surface area contributed by atoms with Gasteiger partial charge in [-0.15, -0.1) is 0 Å². The smallest absolute Gasteiger partial charge is 0.308 e. The van der Waals surface area contributed by atoms with Crippen LogP contribution < -0.4 is 4.74 Å². The zero-order valence-corrected chi connectivity index (χ0v) is 11.6. The van der Waals surface area contributed by atoms with E-state index >= 15 is 0 Å². The van der Waals surface area contributed by atoms with Crippen molar-refractivity contribution in [2.24, 2.45) is 0 Å². The Bertz CT molecular complexity index is 778. The molecule has 2 aromatic heterocycles. The van der Waals surface area contributed by atoms with Gasteiger partial charge in [-0.05, 0) is 17.7 Å². The van der Waals surface area contributed by atoms with E-state index in [-0.39, 0.29) is 5.97 Å². The van der Waals surface area contributed by atoms with E-state index in [4.69, 9.17) is 16.3 Å². The Morgan fingerprint density at radius 1 is 1.10 bits per heavy atom. The minimum Gasteiger partial charge on any atom is -0.424 e. The number of fused-ring (bicyclic) bond motifs is 1. The molecular formula is C16H12ClNO2. The first-order valence-corrected chi connectivity index (χ1v) is 6.58. The van der Waals surface area contributed by atoms with Gasteiger partial charge in [0, 0.05) is 13.0 Å². The highest BCUT2D eigenvalue weighted by atomic mass is 35.5. The summed E-state index contributed by atoms with van der Waals surface area (Å²) in [4.78, 5) is 11.2. The fraction of sp³-hybridized carbons (Fsp3) is 0.0625. The maximum absolute atomic E-state index is 11.2. The zero-order chi connectivity index (χ0) is 14.1. The molecule has 0 fully saturated rings. The molecule has 0 N–H and O–H groups in total. The van der Waals surface area contributed by atoms with Gasteiger partial charge >= 0.3 is 5.97 Å². The maximum atomic E-state index is 11.2. The minimum absolute atomic E-state index is 0.350. The van der Waals surface area contributed by atoms with Crippen molar-refractivity contribution in [3.05, 3.63) is 59.8 Å². The van der Waals surface area contributed by atoms with Crippen molar-refractivity contribution in [1.29, 1.82) is 0 Å². The lowest BCUT2D eigenvalue weighted by molar-refractivity contribution is -0.131. The molecule has 3 rings (SSSR count). The molecule has 1 aromatic carbocycles. The highest BCUT2D eigenvalue weighted by molar-refractivity contribution is 6.30. The van der Waals surface area contributed by atoms with Crippen molar-refractivity contribution in [3.63, 3.8) is 0 Å². The average Bonchev–Trinajstić information content (AvgIpc) is 2.79. The van der Waals surface area contributed by atoms with Crippen molar-refractivity contribution in [1.82, 2.24) is 4.40 Å². The molecule has 0 amide bonds. The summed E-state index contributed by atoms with van der Waals surface area (Å²) in [6, 6.07) is 17.2. The van der Waals surface area contributed by atoms with Crippen LogP contribution in [0.5, 0.6) is 5.75 Å². The molecule has 0 radical (unpaired) electrons.